The first-order valence-electron chi connectivity index (χ1n) is 5.69. The summed E-state index contributed by atoms with van der Waals surface area (Å²) in [5.74, 6) is 2.99. The molecule has 0 aliphatic heterocycles. The highest BCUT2D eigenvalue weighted by atomic mass is 32.1. The number of hydrogen-bond donors (Lipinski definition) is 1. The molecule has 0 atom stereocenters. The van der Waals surface area contributed by atoms with E-state index in [1.165, 1.54) is 0 Å². The van der Waals surface area contributed by atoms with Gasteiger partial charge in [-0.25, -0.2) is 0 Å². The first-order valence-corrected chi connectivity index (χ1v) is 6.32. The molecule has 1 rings (SSSR count). The second-order valence-corrected chi connectivity index (χ2v) is 4.22. The molecule has 1 aromatic carbocycles. The first-order chi connectivity index (χ1) is 8.22. The fourth-order valence-electron chi connectivity index (χ4n) is 1.54. The van der Waals surface area contributed by atoms with Crippen LogP contribution in [0.3, 0.4) is 0 Å². The van der Waals surface area contributed by atoms with E-state index in [1.807, 2.05) is 19.1 Å². The van der Waals surface area contributed by atoms with Gasteiger partial charge >= 0.3 is 0 Å². The minimum atomic E-state index is 0.649. The molecule has 0 aliphatic carbocycles. The summed E-state index contributed by atoms with van der Waals surface area (Å²) in [4.78, 5) is 0. The summed E-state index contributed by atoms with van der Waals surface area (Å²) in [7, 11) is 3.27. The highest BCUT2D eigenvalue weighted by Crippen LogP contribution is 2.38. The smallest absolute Gasteiger partial charge is 0.203 e. The summed E-state index contributed by atoms with van der Waals surface area (Å²) in [6.07, 6.45) is 2.02. The molecular weight excluding hydrogens is 236 g/mol. The standard InChI is InChI=1S/C13H20O3S/c1-10-8-11(14-2)13(12(9-10)15-3)16-6-4-5-7-17/h8-9,17H,4-7H2,1-3H3. The maximum atomic E-state index is 5.72. The van der Waals surface area contributed by atoms with E-state index in [0.29, 0.717) is 23.9 Å². The number of benzene rings is 1. The van der Waals surface area contributed by atoms with Crippen LogP contribution in [0.1, 0.15) is 18.4 Å². The van der Waals surface area contributed by atoms with E-state index in [4.69, 9.17) is 14.2 Å². The quantitative estimate of drug-likeness (QED) is 0.600. The second kappa shape index (κ2) is 7.33. The molecule has 0 radical (unpaired) electrons. The molecular formula is C13H20O3S. The molecule has 0 heterocycles. The fourth-order valence-corrected chi connectivity index (χ4v) is 1.76. The van der Waals surface area contributed by atoms with Crippen LogP contribution in [-0.2, 0) is 0 Å². The van der Waals surface area contributed by atoms with Crippen molar-refractivity contribution >= 4 is 12.6 Å². The summed E-state index contributed by atoms with van der Waals surface area (Å²) >= 11 is 4.17. The molecule has 0 bridgehead atoms. The highest BCUT2D eigenvalue weighted by Gasteiger charge is 2.12. The largest absolute Gasteiger partial charge is 0.493 e. The van der Waals surface area contributed by atoms with Crippen LogP contribution < -0.4 is 14.2 Å². The maximum absolute atomic E-state index is 5.72. The van der Waals surface area contributed by atoms with Crippen molar-refractivity contribution in [2.75, 3.05) is 26.6 Å². The van der Waals surface area contributed by atoms with E-state index < -0.39 is 0 Å². The Morgan fingerprint density at radius 2 is 1.65 bits per heavy atom. The van der Waals surface area contributed by atoms with E-state index >= 15 is 0 Å². The van der Waals surface area contributed by atoms with E-state index in [9.17, 15) is 0 Å². The molecule has 0 unspecified atom stereocenters. The van der Waals surface area contributed by atoms with Gasteiger partial charge in [0.2, 0.25) is 5.75 Å². The van der Waals surface area contributed by atoms with Crippen LogP contribution in [0.4, 0.5) is 0 Å². The van der Waals surface area contributed by atoms with Crippen LogP contribution in [0.25, 0.3) is 0 Å². The molecule has 0 N–H and O–H groups in total. The van der Waals surface area contributed by atoms with Gasteiger partial charge in [-0.15, -0.1) is 0 Å². The van der Waals surface area contributed by atoms with Gasteiger partial charge in [-0.2, -0.15) is 12.6 Å². The van der Waals surface area contributed by atoms with Crippen molar-refractivity contribution in [3.63, 3.8) is 0 Å². The minimum Gasteiger partial charge on any atom is -0.493 e. The van der Waals surface area contributed by atoms with Crippen LogP contribution in [-0.4, -0.2) is 26.6 Å². The molecule has 0 fully saturated rings. The third-order valence-corrected chi connectivity index (χ3v) is 2.72. The average Bonchev–Trinajstić information content (AvgIpc) is 2.35. The molecule has 0 aliphatic rings. The van der Waals surface area contributed by atoms with Gasteiger partial charge in [0.1, 0.15) is 0 Å². The van der Waals surface area contributed by atoms with Crippen molar-refractivity contribution < 1.29 is 14.2 Å². The molecule has 3 nitrogen and oxygen atoms in total. The SMILES string of the molecule is COc1cc(C)cc(OC)c1OCCCCS. The van der Waals surface area contributed by atoms with Gasteiger partial charge in [0, 0.05) is 0 Å². The van der Waals surface area contributed by atoms with Crippen molar-refractivity contribution in [2.24, 2.45) is 0 Å². The predicted molar refractivity (Wildman–Crippen MR) is 72.9 cm³/mol. The van der Waals surface area contributed by atoms with Crippen LogP contribution in [0.2, 0.25) is 0 Å². The van der Waals surface area contributed by atoms with Gasteiger partial charge in [-0.05, 0) is 43.2 Å². The molecule has 96 valence electrons. The van der Waals surface area contributed by atoms with Crippen LogP contribution >= 0.6 is 12.6 Å². The number of thiol groups is 1. The Bertz CT molecular complexity index is 328. The third-order valence-electron chi connectivity index (χ3n) is 2.40. The summed E-state index contributed by atoms with van der Waals surface area (Å²) in [6, 6.07) is 3.88. The zero-order valence-corrected chi connectivity index (χ0v) is 11.5. The molecule has 0 spiro atoms. The monoisotopic (exact) mass is 256 g/mol. The summed E-state index contributed by atoms with van der Waals surface area (Å²) in [5.41, 5.74) is 1.08. The lowest BCUT2D eigenvalue weighted by atomic mass is 10.2. The van der Waals surface area contributed by atoms with E-state index in [1.54, 1.807) is 14.2 Å². The first kappa shape index (κ1) is 14.0. The van der Waals surface area contributed by atoms with Gasteiger partial charge in [0.15, 0.2) is 11.5 Å². The predicted octanol–water partition coefficient (Wildman–Crippen LogP) is 3.10. The summed E-state index contributed by atoms with van der Waals surface area (Å²) < 4.78 is 16.3. The van der Waals surface area contributed by atoms with Crippen molar-refractivity contribution in [3.05, 3.63) is 17.7 Å². The zero-order valence-electron chi connectivity index (χ0n) is 10.7. The number of ether oxygens (including phenoxy) is 3. The Morgan fingerprint density at radius 1 is 1.06 bits per heavy atom. The molecule has 4 heteroatoms. The number of rotatable bonds is 7. The van der Waals surface area contributed by atoms with E-state index in [-0.39, 0.29) is 0 Å². The van der Waals surface area contributed by atoms with Gasteiger partial charge in [0.05, 0.1) is 20.8 Å². The average molecular weight is 256 g/mol. The van der Waals surface area contributed by atoms with Crippen LogP contribution in [0, 0.1) is 6.92 Å². The maximum Gasteiger partial charge on any atom is 0.203 e. The van der Waals surface area contributed by atoms with Crippen molar-refractivity contribution in [3.8, 4) is 17.2 Å². The van der Waals surface area contributed by atoms with Crippen molar-refractivity contribution in [1.82, 2.24) is 0 Å². The Morgan fingerprint density at radius 3 is 2.12 bits per heavy atom. The normalized spacial score (nSPS) is 10.1. The van der Waals surface area contributed by atoms with Gasteiger partial charge < -0.3 is 14.2 Å². The summed E-state index contributed by atoms with van der Waals surface area (Å²) in [5, 5.41) is 0. The van der Waals surface area contributed by atoms with Gasteiger partial charge in [-0.3, -0.25) is 0 Å². The molecule has 0 amide bonds. The molecule has 1 aromatic rings. The fraction of sp³-hybridized carbons (Fsp3) is 0.538. The van der Waals surface area contributed by atoms with Gasteiger partial charge in [-0.1, -0.05) is 0 Å². The molecule has 0 saturated carbocycles. The lowest BCUT2D eigenvalue weighted by Gasteiger charge is -2.15. The lowest BCUT2D eigenvalue weighted by molar-refractivity contribution is 0.270. The topological polar surface area (TPSA) is 27.7 Å². The van der Waals surface area contributed by atoms with Crippen molar-refractivity contribution in [2.45, 2.75) is 19.8 Å². The van der Waals surface area contributed by atoms with E-state index in [2.05, 4.69) is 12.6 Å². The Balaban J connectivity index is 2.79. The molecule has 0 aromatic heterocycles. The molecule has 17 heavy (non-hydrogen) atoms. The zero-order chi connectivity index (χ0) is 12.7. The minimum absolute atomic E-state index is 0.649. The van der Waals surface area contributed by atoms with Gasteiger partial charge in [0.25, 0.3) is 0 Å². The third kappa shape index (κ3) is 4.04. The number of methoxy groups -OCH3 is 2. The highest BCUT2D eigenvalue weighted by molar-refractivity contribution is 7.80. The number of aryl methyl sites for hydroxylation is 1. The summed E-state index contributed by atoms with van der Waals surface area (Å²) in [6.45, 7) is 2.64. The Labute approximate surface area is 108 Å². The number of hydrogen-bond acceptors (Lipinski definition) is 4. The Hall–Kier alpha value is -1.03. The van der Waals surface area contributed by atoms with Crippen molar-refractivity contribution in [1.29, 1.82) is 0 Å². The lowest BCUT2D eigenvalue weighted by Crippen LogP contribution is -2.02. The van der Waals surface area contributed by atoms with E-state index in [0.717, 1.165) is 24.2 Å². The number of unbranched alkanes of at least 4 members (excludes halogenated alkanes) is 1. The van der Waals surface area contributed by atoms with Crippen LogP contribution in [0.5, 0.6) is 17.2 Å². The second-order valence-electron chi connectivity index (χ2n) is 3.78. The Kier molecular flexibility index (Phi) is 6.05. The van der Waals surface area contributed by atoms with Crippen LogP contribution in [0.15, 0.2) is 12.1 Å². The molecule has 0 saturated heterocycles.